The number of alkyl halides is 8. The Bertz CT molecular complexity index is 1750. The molecule has 0 heterocycles. The third-order valence-corrected chi connectivity index (χ3v) is 24.0. The fourth-order valence-corrected chi connectivity index (χ4v) is 16.3. The Balaban J connectivity index is 0.000000343. The summed E-state index contributed by atoms with van der Waals surface area (Å²) in [5, 5.41) is 20.2. The van der Waals surface area contributed by atoms with E-state index in [9.17, 15) is 45.3 Å². The summed E-state index contributed by atoms with van der Waals surface area (Å²) in [5.41, 5.74) is 0.183. The Morgan fingerprint density at radius 1 is 0.284 bits per heavy atom. The smallest absolute Gasteiger partial charge is 0.250 e. The SMILES string of the molecule is CC(C)C1CCC(F)(F)C(C)C1.CC(C)C1CCC(F)(F)CC1.CC(C)C1CCCC(F)(F)C1.CC(C)C1CCCC2(CC2)C1.CC(C)C1CCCCC1.CC1CC(C(C)C)CC(F)(F)C1.CC1CCCC(O)(C(C)C)C1.CC1CCC[C@](O)(C(C)C)C1. The maximum absolute atomic E-state index is 13.1. The van der Waals surface area contributed by atoms with Gasteiger partial charge in [0.05, 0.1) is 11.2 Å². The van der Waals surface area contributed by atoms with Crippen molar-refractivity contribution in [1.29, 1.82) is 0 Å². The van der Waals surface area contributed by atoms with E-state index in [2.05, 4.69) is 96.9 Å². The molecule has 9 rings (SSSR count). The normalized spacial score (nSPS) is 33.3. The molecular weight excluding hydrogens is 1120 g/mol. The van der Waals surface area contributed by atoms with Crippen molar-refractivity contribution in [3.05, 3.63) is 0 Å². The zero-order valence-corrected chi connectivity index (χ0v) is 61.1. The van der Waals surface area contributed by atoms with Crippen LogP contribution in [0.5, 0.6) is 0 Å². The van der Waals surface area contributed by atoms with Gasteiger partial charge in [-0.3, -0.25) is 0 Å². The van der Waals surface area contributed by atoms with Gasteiger partial charge in [-0.25, -0.2) is 35.1 Å². The van der Waals surface area contributed by atoms with Gasteiger partial charge in [0, 0.05) is 50.9 Å². The quantitative estimate of drug-likeness (QED) is 0.238. The third-order valence-electron chi connectivity index (χ3n) is 24.0. The van der Waals surface area contributed by atoms with E-state index in [0.29, 0.717) is 79.4 Å². The van der Waals surface area contributed by atoms with Crippen molar-refractivity contribution >= 4 is 0 Å². The van der Waals surface area contributed by atoms with Crippen molar-refractivity contribution < 1.29 is 45.3 Å². The Morgan fingerprint density at radius 3 is 1.00 bits per heavy atom. The van der Waals surface area contributed by atoms with Crippen LogP contribution in [0.4, 0.5) is 35.1 Å². The molecule has 0 aromatic heterocycles. The van der Waals surface area contributed by atoms with Gasteiger partial charge in [0.25, 0.3) is 5.92 Å². The lowest BCUT2D eigenvalue weighted by molar-refractivity contribution is -0.0951. The van der Waals surface area contributed by atoms with Gasteiger partial charge in [-0.1, -0.05) is 209 Å². The molecule has 88 heavy (non-hydrogen) atoms. The molecular formula is C78H146F8O2. The van der Waals surface area contributed by atoms with E-state index in [0.717, 1.165) is 79.4 Å². The van der Waals surface area contributed by atoms with E-state index in [1.165, 1.54) is 70.6 Å². The van der Waals surface area contributed by atoms with Crippen LogP contribution < -0.4 is 0 Å². The lowest BCUT2D eigenvalue weighted by atomic mass is 9.73. The molecule has 10 atom stereocenters. The van der Waals surface area contributed by atoms with Crippen LogP contribution in [-0.2, 0) is 0 Å². The summed E-state index contributed by atoms with van der Waals surface area (Å²) >= 11 is 0. The van der Waals surface area contributed by atoms with Crippen molar-refractivity contribution in [3.8, 4) is 0 Å². The predicted octanol–water partition coefficient (Wildman–Crippen LogP) is 26.4. The van der Waals surface area contributed by atoms with Gasteiger partial charge >= 0.3 is 0 Å². The third kappa shape index (κ3) is 31.7. The molecule has 1 spiro atoms. The second kappa shape index (κ2) is 38.2. The standard InChI is InChI=1S/C11H20.2C10H18F2.2C10H20O.2C9H16F2.C9H18/c1-9(2)10-4-3-5-11(8-10)6-7-11;1-7(2)9-4-8(3)5-10(11,12)6-9;1-7(2)9-4-5-10(11,12)8(3)6-9;2*1-8(2)10(11)6-4-5-9(3)7-10;1-7(2)8-3-5-9(10,11)6-4-8;1-7(2)8-4-3-5-9(10,11)6-8;1-8(2)9-6-4-3-5-7-9/h9-10H,3-8H2,1-2H3;2*7-9H,4-6H2,1-3H3;2*8-9,11H,4-7H2,1-3H3;2*7-8H,3-6H2,1-2H3;8-9H,3-7H2,1-2H3/t;;;9?,10-;;;;/m...1..../s1. The molecule has 0 saturated heterocycles. The molecule has 9 saturated carbocycles. The average Bonchev–Trinajstić information content (AvgIpc) is 4.33. The first-order chi connectivity index (χ1) is 40.5. The highest BCUT2D eigenvalue weighted by molar-refractivity contribution is 4.97. The van der Waals surface area contributed by atoms with E-state index in [1.807, 2.05) is 34.6 Å². The number of aliphatic hydroxyl groups is 2. The molecule has 0 aromatic carbocycles. The summed E-state index contributed by atoms with van der Waals surface area (Å²) in [6, 6.07) is 0. The summed E-state index contributed by atoms with van der Waals surface area (Å²) in [6.45, 7) is 42.7. The van der Waals surface area contributed by atoms with Gasteiger partial charge < -0.3 is 10.2 Å². The van der Waals surface area contributed by atoms with Crippen LogP contribution in [0.25, 0.3) is 0 Å². The second-order valence-corrected chi connectivity index (χ2v) is 34.6. The Morgan fingerprint density at radius 2 is 0.659 bits per heavy atom. The van der Waals surface area contributed by atoms with Gasteiger partial charge in [-0.05, 0) is 202 Å². The van der Waals surface area contributed by atoms with Crippen molar-refractivity contribution in [1.82, 2.24) is 0 Å². The van der Waals surface area contributed by atoms with E-state index in [1.54, 1.807) is 32.6 Å². The van der Waals surface area contributed by atoms with Crippen molar-refractivity contribution in [2.75, 3.05) is 0 Å². The van der Waals surface area contributed by atoms with Crippen LogP contribution in [0.1, 0.15) is 350 Å². The highest BCUT2D eigenvalue weighted by atomic mass is 19.3. The average molecular weight is 1270 g/mol. The number of hydrogen-bond donors (Lipinski definition) is 2. The van der Waals surface area contributed by atoms with E-state index >= 15 is 0 Å². The Labute approximate surface area is 540 Å². The van der Waals surface area contributed by atoms with Gasteiger partial charge in [0.15, 0.2) is 0 Å². The zero-order chi connectivity index (χ0) is 67.2. The molecule has 9 unspecified atom stereocenters. The minimum Gasteiger partial charge on any atom is -0.390 e. The molecule has 0 amide bonds. The summed E-state index contributed by atoms with van der Waals surface area (Å²) in [5.74, 6) is 0.00759. The monoisotopic (exact) mass is 1270 g/mol. The Kier molecular flexibility index (Phi) is 36.2. The van der Waals surface area contributed by atoms with E-state index in [-0.39, 0.29) is 73.9 Å². The molecule has 0 aromatic rings. The number of hydrogen-bond acceptors (Lipinski definition) is 2. The maximum Gasteiger partial charge on any atom is 0.250 e. The summed E-state index contributed by atoms with van der Waals surface area (Å²) in [4.78, 5) is 0. The van der Waals surface area contributed by atoms with Crippen LogP contribution in [0.2, 0.25) is 0 Å². The molecule has 0 radical (unpaired) electrons. The second-order valence-electron chi connectivity index (χ2n) is 34.6. The predicted molar refractivity (Wildman–Crippen MR) is 361 cm³/mol. The summed E-state index contributed by atoms with van der Waals surface area (Å²) in [6.07, 6.45) is 32.0. The largest absolute Gasteiger partial charge is 0.390 e. The van der Waals surface area contributed by atoms with E-state index < -0.39 is 29.6 Å². The number of halogens is 8. The van der Waals surface area contributed by atoms with Crippen LogP contribution in [0.15, 0.2) is 0 Å². The van der Waals surface area contributed by atoms with Crippen molar-refractivity contribution in [3.63, 3.8) is 0 Å². The van der Waals surface area contributed by atoms with Gasteiger partial charge in [-0.15, -0.1) is 0 Å². The molecule has 2 nitrogen and oxygen atoms in total. The molecule has 10 heteroatoms. The topological polar surface area (TPSA) is 40.5 Å². The minimum atomic E-state index is -2.40. The van der Waals surface area contributed by atoms with Crippen molar-refractivity contribution in [2.45, 2.75) is 385 Å². The molecule has 9 aliphatic carbocycles. The lowest BCUT2D eigenvalue weighted by Gasteiger charge is -2.38. The summed E-state index contributed by atoms with van der Waals surface area (Å²) < 4.78 is 103. The zero-order valence-electron chi connectivity index (χ0n) is 61.1. The first-order valence-electron chi connectivity index (χ1n) is 37.4. The highest BCUT2D eigenvalue weighted by Crippen LogP contribution is 2.58. The van der Waals surface area contributed by atoms with Gasteiger partial charge in [0.2, 0.25) is 17.8 Å². The summed E-state index contributed by atoms with van der Waals surface area (Å²) in [7, 11) is 0. The molecule has 9 aliphatic rings. The van der Waals surface area contributed by atoms with Crippen LogP contribution >= 0.6 is 0 Å². The fraction of sp³-hybridized carbons (Fsp3) is 1.00. The molecule has 526 valence electrons. The van der Waals surface area contributed by atoms with Crippen LogP contribution in [0, 0.1) is 112 Å². The van der Waals surface area contributed by atoms with Crippen LogP contribution in [-0.4, -0.2) is 45.1 Å². The molecule has 0 bridgehead atoms. The first-order valence-corrected chi connectivity index (χ1v) is 37.4. The maximum atomic E-state index is 13.1. The van der Waals surface area contributed by atoms with Crippen molar-refractivity contribution in [2.24, 2.45) is 112 Å². The van der Waals surface area contributed by atoms with E-state index in [4.69, 9.17) is 0 Å². The molecule has 0 aliphatic heterocycles. The Hall–Kier alpha value is -0.640. The molecule has 2 N–H and O–H groups in total. The fourth-order valence-electron chi connectivity index (χ4n) is 16.3. The molecule has 9 fully saturated rings. The van der Waals surface area contributed by atoms with Crippen LogP contribution in [0.3, 0.4) is 0 Å². The van der Waals surface area contributed by atoms with Gasteiger partial charge in [-0.2, -0.15) is 0 Å². The minimum absolute atomic E-state index is 0.0935. The van der Waals surface area contributed by atoms with Gasteiger partial charge in [0.1, 0.15) is 0 Å². The first kappa shape index (κ1) is 83.5. The highest BCUT2D eigenvalue weighted by Gasteiger charge is 2.47. The lowest BCUT2D eigenvalue weighted by Crippen LogP contribution is -2.39. The number of rotatable bonds is 8.